The number of hydrogen-bond acceptors (Lipinski definition) is 5. The Morgan fingerprint density at radius 2 is 1.96 bits per heavy atom. The normalized spacial score (nSPS) is 17.1. The van der Waals surface area contributed by atoms with Gasteiger partial charge in [0.25, 0.3) is 5.91 Å². The SMILES string of the molecule is COc1ccccc1CN1C(=O)C(O)=C(C(=O)C(C)C)C1c1ccc(C)o1. The molecular formula is C21H23NO5. The van der Waals surface area contributed by atoms with Gasteiger partial charge in [0.05, 0.1) is 19.2 Å². The molecule has 142 valence electrons. The fourth-order valence-electron chi connectivity index (χ4n) is 3.29. The Morgan fingerprint density at radius 1 is 1.26 bits per heavy atom. The number of rotatable bonds is 6. The third-order valence-electron chi connectivity index (χ3n) is 4.66. The zero-order chi connectivity index (χ0) is 19.7. The number of ether oxygens (including phenoxy) is 1. The number of para-hydroxylation sites is 1. The van der Waals surface area contributed by atoms with Gasteiger partial charge in [-0.2, -0.15) is 0 Å². The van der Waals surface area contributed by atoms with Crippen molar-refractivity contribution in [3.63, 3.8) is 0 Å². The molecular weight excluding hydrogens is 346 g/mol. The molecule has 0 saturated carbocycles. The molecule has 1 aliphatic rings. The smallest absolute Gasteiger partial charge is 0.290 e. The number of aliphatic hydroxyl groups is 1. The number of ketones is 1. The Labute approximate surface area is 158 Å². The molecule has 1 aliphatic heterocycles. The first-order chi connectivity index (χ1) is 12.8. The molecule has 27 heavy (non-hydrogen) atoms. The van der Waals surface area contributed by atoms with Crippen molar-refractivity contribution in [1.82, 2.24) is 4.90 Å². The number of aryl methyl sites for hydroxylation is 1. The minimum atomic E-state index is -0.772. The lowest BCUT2D eigenvalue weighted by atomic mass is 9.94. The number of carbonyl (C=O) groups excluding carboxylic acids is 2. The molecule has 6 heteroatoms. The van der Waals surface area contributed by atoms with E-state index in [0.717, 1.165) is 5.56 Å². The van der Waals surface area contributed by atoms with Crippen LogP contribution in [0.15, 0.2) is 52.1 Å². The maximum atomic E-state index is 12.8. The fraction of sp³-hybridized carbons (Fsp3) is 0.333. The van der Waals surface area contributed by atoms with E-state index in [0.29, 0.717) is 17.3 Å². The fourth-order valence-corrected chi connectivity index (χ4v) is 3.29. The first kappa shape index (κ1) is 18.8. The second kappa shape index (κ2) is 7.31. The second-order valence-corrected chi connectivity index (χ2v) is 6.88. The van der Waals surface area contributed by atoms with E-state index >= 15 is 0 Å². The average Bonchev–Trinajstić information content (AvgIpc) is 3.18. The molecule has 0 radical (unpaired) electrons. The maximum absolute atomic E-state index is 12.8. The number of furan rings is 1. The summed E-state index contributed by atoms with van der Waals surface area (Å²) in [4.78, 5) is 27.0. The van der Waals surface area contributed by atoms with Gasteiger partial charge in [0.2, 0.25) is 0 Å². The van der Waals surface area contributed by atoms with E-state index in [1.165, 1.54) is 4.90 Å². The van der Waals surface area contributed by atoms with Crippen LogP contribution in [-0.4, -0.2) is 28.8 Å². The standard InChI is InChI=1S/C21H23NO5/c1-12(2)19(23)17-18(16-10-9-13(3)27-16)22(21(25)20(17)24)11-14-7-5-6-8-15(14)26-4/h5-10,12,18,24H,11H2,1-4H3. The number of nitrogens with zero attached hydrogens (tertiary/aromatic N) is 1. The molecule has 0 bridgehead atoms. The van der Waals surface area contributed by atoms with Gasteiger partial charge in [-0.25, -0.2) is 0 Å². The van der Waals surface area contributed by atoms with Crippen LogP contribution in [0.2, 0.25) is 0 Å². The number of benzene rings is 1. The highest BCUT2D eigenvalue weighted by atomic mass is 16.5. The van der Waals surface area contributed by atoms with Crippen LogP contribution >= 0.6 is 0 Å². The van der Waals surface area contributed by atoms with E-state index in [4.69, 9.17) is 9.15 Å². The van der Waals surface area contributed by atoms with Gasteiger partial charge in [0.1, 0.15) is 23.3 Å². The quantitative estimate of drug-likeness (QED) is 0.839. The first-order valence-corrected chi connectivity index (χ1v) is 8.81. The number of methoxy groups -OCH3 is 1. The Kier molecular flexibility index (Phi) is 5.08. The molecule has 0 saturated heterocycles. The third-order valence-corrected chi connectivity index (χ3v) is 4.66. The van der Waals surface area contributed by atoms with Crippen LogP contribution in [-0.2, 0) is 16.1 Å². The lowest BCUT2D eigenvalue weighted by Crippen LogP contribution is -2.31. The maximum Gasteiger partial charge on any atom is 0.290 e. The second-order valence-electron chi connectivity index (χ2n) is 6.88. The van der Waals surface area contributed by atoms with E-state index in [1.54, 1.807) is 46.1 Å². The third kappa shape index (κ3) is 3.35. The lowest BCUT2D eigenvalue weighted by molar-refractivity contribution is -0.130. The molecule has 1 atom stereocenters. The molecule has 3 rings (SSSR count). The number of Topliss-reactive ketones (excluding diaryl/α,β-unsaturated/α-hetero) is 1. The molecule has 1 amide bonds. The zero-order valence-electron chi connectivity index (χ0n) is 15.9. The van der Waals surface area contributed by atoms with Gasteiger partial charge in [-0.3, -0.25) is 9.59 Å². The highest BCUT2D eigenvalue weighted by Crippen LogP contribution is 2.41. The van der Waals surface area contributed by atoms with Gasteiger partial charge in [-0.05, 0) is 25.1 Å². The minimum absolute atomic E-state index is 0.0826. The summed E-state index contributed by atoms with van der Waals surface area (Å²) in [6.45, 7) is 5.44. The van der Waals surface area contributed by atoms with Gasteiger partial charge in [-0.1, -0.05) is 32.0 Å². The summed E-state index contributed by atoms with van der Waals surface area (Å²) >= 11 is 0. The van der Waals surface area contributed by atoms with Crippen LogP contribution in [0.4, 0.5) is 0 Å². The van der Waals surface area contributed by atoms with Crippen molar-refractivity contribution in [2.24, 2.45) is 5.92 Å². The predicted molar refractivity (Wildman–Crippen MR) is 99.2 cm³/mol. The van der Waals surface area contributed by atoms with Crippen molar-refractivity contribution in [2.45, 2.75) is 33.4 Å². The van der Waals surface area contributed by atoms with Crippen LogP contribution in [0.25, 0.3) is 0 Å². The van der Waals surface area contributed by atoms with E-state index in [2.05, 4.69) is 0 Å². The number of aliphatic hydroxyl groups excluding tert-OH is 1. The van der Waals surface area contributed by atoms with Gasteiger partial charge >= 0.3 is 0 Å². The Bertz CT molecular complexity index is 909. The summed E-state index contributed by atoms with van der Waals surface area (Å²) in [6.07, 6.45) is 0. The summed E-state index contributed by atoms with van der Waals surface area (Å²) < 4.78 is 11.1. The number of amides is 1. The summed E-state index contributed by atoms with van der Waals surface area (Å²) in [7, 11) is 1.56. The zero-order valence-corrected chi connectivity index (χ0v) is 15.9. The Morgan fingerprint density at radius 3 is 2.56 bits per heavy atom. The predicted octanol–water partition coefficient (Wildman–Crippen LogP) is 3.72. The number of carbonyl (C=O) groups is 2. The summed E-state index contributed by atoms with van der Waals surface area (Å²) in [6, 6.07) is 10.1. The van der Waals surface area contributed by atoms with E-state index in [9.17, 15) is 14.7 Å². The van der Waals surface area contributed by atoms with Crippen molar-refractivity contribution in [2.75, 3.05) is 7.11 Å². The Balaban J connectivity index is 2.07. The minimum Gasteiger partial charge on any atom is -0.503 e. The molecule has 0 aliphatic carbocycles. The number of hydrogen-bond donors (Lipinski definition) is 1. The topological polar surface area (TPSA) is 80.0 Å². The summed E-state index contributed by atoms with van der Waals surface area (Å²) in [5, 5.41) is 10.5. The van der Waals surface area contributed by atoms with Crippen molar-refractivity contribution in [1.29, 1.82) is 0 Å². The summed E-state index contributed by atoms with van der Waals surface area (Å²) in [5.41, 5.74) is 0.854. The van der Waals surface area contributed by atoms with E-state index in [1.807, 2.05) is 18.2 Å². The monoisotopic (exact) mass is 369 g/mol. The van der Waals surface area contributed by atoms with Gasteiger partial charge in [0.15, 0.2) is 11.5 Å². The van der Waals surface area contributed by atoms with Gasteiger partial charge in [0, 0.05) is 11.5 Å². The molecule has 1 unspecified atom stereocenters. The summed E-state index contributed by atoms with van der Waals surface area (Å²) in [5.74, 6) is -0.00205. The molecule has 2 aromatic rings. The van der Waals surface area contributed by atoms with Crippen molar-refractivity contribution < 1.29 is 23.8 Å². The van der Waals surface area contributed by atoms with Crippen LogP contribution in [0.1, 0.15) is 37.0 Å². The van der Waals surface area contributed by atoms with Crippen LogP contribution in [0, 0.1) is 12.8 Å². The largest absolute Gasteiger partial charge is 0.503 e. The molecule has 2 heterocycles. The molecule has 1 N–H and O–H groups in total. The molecule has 1 aromatic heterocycles. The highest BCUT2D eigenvalue weighted by Gasteiger charge is 2.45. The molecule has 0 spiro atoms. The lowest BCUT2D eigenvalue weighted by Gasteiger charge is -2.26. The molecule has 6 nitrogen and oxygen atoms in total. The van der Waals surface area contributed by atoms with E-state index in [-0.39, 0.29) is 23.8 Å². The van der Waals surface area contributed by atoms with Crippen molar-refractivity contribution >= 4 is 11.7 Å². The van der Waals surface area contributed by atoms with Gasteiger partial charge in [-0.15, -0.1) is 0 Å². The highest BCUT2D eigenvalue weighted by molar-refractivity contribution is 6.09. The Hall–Kier alpha value is -3.02. The van der Waals surface area contributed by atoms with Crippen LogP contribution in [0.5, 0.6) is 5.75 Å². The van der Waals surface area contributed by atoms with Crippen molar-refractivity contribution in [3.8, 4) is 5.75 Å². The van der Waals surface area contributed by atoms with Crippen LogP contribution < -0.4 is 4.74 Å². The van der Waals surface area contributed by atoms with Crippen molar-refractivity contribution in [3.05, 3.63) is 64.8 Å². The van der Waals surface area contributed by atoms with Crippen LogP contribution in [0.3, 0.4) is 0 Å². The average molecular weight is 369 g/mol. The van der Waals surface area contributed by atoms with E-state index < -0.39 is 17.7 Å². The first-order valence-electron chi connectivity index (χ1n) is 8.81. The molecule has 0 fully saturated rings. The van der Waals surface area contributed by atoms with Gasteiger partial charge < -0.3 is 19.2 Å². The molecule has 1 aromatic carbocycles.